The number of imide groups is 1. The van der Waals surface area contributed by atoms with Gasteiger partial charge in [-0.1, -0.05) is 38.1 Å². The maximum absolute atomic E-state index is 13.0. The van der Waals surface area contributed by atoms with E-state index in [0.717, 1.165) is 43.5 Å². The molecule has 7 nitrogen and oxygen atoms in total. The largest absolute Gasteiger partial charge is 0.379 e. The molecule has 176 valence electrons. The van der Waals surface area contributed by atoms with Crippen LogP contribution in [0.1, 0.15) is 53.8 Å². The molecule has 4 rings (SSSR count). The SMILES string of the molecule is CC(C)CC(CNC(=O)CCCN1C(=O)c2cccc3cccc(c23)C1=O)N1CCOCC1. The van der Waals surface area contributed by atoms with Crippen LogP contribution in [-0.2, 0) is 9.53 Å². The summed E-state index contributed by atoms with van der Waals surface area (Å²) in [6, 6.07) is 11.3. The average molecular weight is 452 g/mol. The fraction of sp³-hybridized carbons (Fsp3) is 0.500. The molecule has 1 N–H and O–H groups in total. The molecule has 2 aliphatic rings. The third-order valence-electron chi connectivity index (χ3n) is 6.48. The van der Waals surface area contributed by atoms with Crippen molar-refractivity contribution in [3.63, 3.8) is 0 Å². The fourth-order valence-electron chi connectivity index (χ4n) is 4.85. The van der Waals surface area contributed by atoms with E-state index in [1.54, 1.807) is 12.1 Å². The van der Waals surface area contributed by atoms with Crippen molar-refractivity contribution < 1.29 is 19.1 Å². The Morgan fingerprint density at radius 1 is 1.03 bits per heavy atom. The maximum atomic E-state index is 13.0. The molecule has 2 aromatic rings. The molecule has 1 fully saturated rings. The molecule has 3 amide bonds. The highest BCUT2D eigenvalue weighted by molar-refractivity contribution is 6.25. The molecule has 1 unspecified atom stereocenters. The molecule has 0 aromatic heterocycles. The van der Waals surface area contributed by atoms with Gasteiger partial charge in [0, 0.05) is 55.2 Å². The molecular weight excluding hydrogens is 418 g/mol. The fourth-order valence-corrected chi connectivity index (χ4v) is 4.85. The monoisotopic (exact) mass is 451 g/mol. The second-order valence-electron chi connectivity index (χ2n) is 9.31. The van der Waals surface area contributed by atoms with Gasteiger partial charge in [0.15, 0.2) is 0 Å². The van der Waals surface area contributed by atoms with Crippen LogP contribution in [0.5, 0.6) is 0 Å². The number of ether oxygens (including phenoxy) is 1. The van der Waals surface area contributed by atoms with E-state index in [1.807, 2.05) is 24.3 Å². The molecule has 2 heterocycles. The Kier molecular flexibility index (Phi) is 7.40. The summed E-state index contributed by atoms with van der Waals surface area (Å²) < 4.78 is 5.46. The summed E-state index contributed by atoms with van der Waals surface area (Å²) in [5, 5.41) is 4.68. The standard InChI is InChI=1S/C26H33N3O4/c1-18(2)16-20(28-12-14-33-15-13-28)17-27-23(30)10-5-11-29-25(31)21-8-3-6-19-7-4-9-22(24(19)21)26(29)32/h3-4,6-9,18,20H,5,10-17H2,1-2H3,(H,27,30). The molecular formula is C26H33N3O4. The molecule has 0 spiro atoms. The number of nitrogens with one attached hydrogen (secondary N) is 1. The Bertz CT molecular complexity index is 979. The van der Waals surface area contributed by atoms with Gasteiger partial charge in [-0.15, -0.1) is 0 Å². The number of hydrogen-bond donors (Lipinski definition) is 1. The van der Waals surface area contributed by atoms with Crippen LogP contribution < -0.4 is 5.32 Å². The first-order valence-corrected chi connectivity index (χ1v) is 11.9. The Balaban J connectivity index is 1.31. The Morgan fingerprint density at radius 2 is 1.67 bits per heavy atom. The van der Waals surface area contributed by atoms with Crippen LogP contribution in [-0.4, -0.2) is 73.0 Å². The van der Waals surface area contributed by atoms with Crippen molar-refractivity contribution in [1.29, 1.82) is 0 Å². The van der Waals surface area contributed by atoms with E-state index in [4.69, 9.17) is 4.74 Å². The van der Waals surface area contributed by atoms with Crippen LogP contribution in [0.2, 0.25) is 0 Å². The zero-order valence-corrected chi connectivity index (χ0v) is 19.5. The van der Waals surface area contributed by atoms with Crippen LogP contribution >= 0.6 is 0 Å². The van der Waals surface area contributed by atoms with Gasteiger partial charge in [0.25, 0.3) is 11.8 Å². The van der Waals surface area contributed by atoms with E-state index < -0.39 is 0 Å². The van der Waals surface area contributed by atoms with Gasteiger partial charge in [-0.05, 0) is 36.3 Å². The van der Waals surface area contributed by atoms with Crippen molar-refractivity contribution in [2.75, 3.05) is 39.4 Å². The lowest BCUT2D eigenvalue weighted by atomic mass is 9.94. The van der Waals surface area contributed by atoms with Crippen LogP contribution in [0.4, 0.5) is 0 Å². The second kappa shape index (κ2) is 10.4. The van der Waals surface area contributed by atoms with Gasteiger partial charge >= 0.3 is 0 Å². The third-order valence-corrected chi connectivity index (χ3v) is 6.48. The predicted octanol–water partition coefficient (Wildman–Crippen LogP) is 3.08. The molecule has 1 saturated heterocycles. The highest BCUT2D eigenvalue weighted by atomic mass is 16.5. The molecule has 2 aromatic carbocycles. The number of amides is 3. The molecule has 0 aliphatic carbocycles. The lowest BCUT2D eigenvalue weighted by Crippen LogP contribution is -2.49. The molecule has 0 radical (unpaired) electrons. The van der Waals surface area contributed by atoms with Crippen molar-refractivity contribution in [2.24, 2.45) is 5.92 Å². The first-order valence-electron chi connectivity index (χ1n) is 11.9. The quantitative estimate of drug-likeness (QED) is 0.593. The van der Waals surface area contributed by atoms with Gasteiger partial charge in [-0.2, -0.15) is 0 Å². The van der Waals surface area contributed by atoms with Crippen molar-refractivity contribution in [1.82, 2.24) is 15.1 Å². The zero-order valence-electron chi connectivity index (χ0n) is 19.5. The van der Waals surface area contributed by atoms with E-state index >= 15 is 0 Å². The molecule has 0 saturated carbocycles. The number of hydrogen-bond acceptors (Lipinski definition) is 5. The number of benzene rings is 2. The van der Waals surface area contributed by atoms with Crippen LogP contribution in [0.15, 0.2) is 36.4 Å². The topological polar surface area (TPSA) is 79.0 Å². The Labute approximate surface area is 195 Å². The van der Waals surface area contributed by atoms with E-state index in [2.05, 4.69) is 24.1 Å². The number of nitrogens with zero attached hydrogens (tertiary/aromatic N) is 2. The van der Waals surface area contributed by atoms with Crippen molar-refractivity contribution in [3.05, 3.63) is 47.5 Å². The van der Waals surface area contributed by atoms with Gasteiger partial charge in [0.05, 0.1) is 13.2 Å². The molecule has 2 aliphatic heterocycles. The summed E-state index contributed by atoms with van der Waals surface area (Å²) >= 11 is 0. The summed E-state index contributed by atoms with van der Waals surface area (Å²) in [5.74, 6) is -0.0716. The lowest BCUT2D eigenvalue weighted by Gasteiger charge is -2.35. The minimum Gasteiger partial charge on any atom is -0.379 e. The number of morpholine rings is 1. The zero-order chi connectivity index (χ0) is 23.4. The highest BCUT2D eigenvalue weighted by Gasteiger charge is 2.32. The summed E-state index contributed by atoms with van der Waals surface area (Å²) in [6.07, 6.45) is 1.73. The van der Waals surface area contributed by atoms with E-state index in [1.165, 1.54) is 4.90 Å². The van der Waals surface area contributed by atoms with Crippen LogP contribution in [0, 0.1) is 5.92 Å². The normalized spacial score (nSPS) is 17.6. The summed E-state index contributed by atoms with van der Waals surface area (Å²) in [6.45, 7) is 8.47. The maximum Gasteiger partial charge on any atom is 0.261 e. The molecule has 33 heavy (non-hydrogen) atoms. The predicted molar refractivity (Wildman–Crippen MR) is 127 cm³/mol. The molecule has 0 bridgehead atoms. The van der Waals surface area contributed by atoms with Gasteiger partial charge in [-0.3, -0.25) is 24.2 Å². The first kappa shape index (κ1) is 23.4. The van der Waals surface area contributed by atoms with Gasteiger partial charge < -0.3 is 10.1 Å². The van der Waals surface area contributed by atoms with Gasteiger partial charge in [0.1, 0.15) is 0 Å². The Morgan fingerprint density at radius 3 is 2.27 bits per heavy atom. The third kappa shape index (κ3) is 5.25. The van der Waals surface area contributed by atoms with Crippen molar-refractivity contribution in [2.45, 2.75) is 39.2 Å². The molecule has 1 atom stereocenters. The summed E-state index contributed by atoms with van der Waals surface area (Å²) in [5.41, 5.74) is 1.10. The minimum absolute atomic E-state index is 0.0450. The lowest BCUT2D eigenvalue weighted by molar-refractivity contribution is -0.121. The van der Waals surface area contributed by atoms with Gasteiger partial charge in [0.2, 0.25) is 5.91 Å². The Hall–Kier alpha value is -2.77. The van der Waals surface area contributed by atoms with E-state index in [9.17, 15) is 14.4 Å². The van der Waals surface area contributed by atoms with Crippen molar-refractivity contribution >= 4 is 28.5 Å². The highest BCUT2D eigenvalue weighted by Crippen LogP contribution is 2.30. The average Bonchev–Trinajstić information content (AvgIpc) is 2.82. The number of carbonyl (C=O) groups excluding carboxylic acids is 3. The van der Waals surface area contributed by atoms with Crippen LogP contribution in [0.3, 0.4) is 0 Å². The van der Waals surface area contributed by atoms with E-state index in [-0.39, 0.29) is 30.7 Å². The molecule has 7 heteroatoms. The van der Waals surface area contributed by atoms with Crippen LogP contribution in [0.25, 0.3) is 10.8 Å². The smallest absolute Gasteiger partial charge is 0.261 e. The summed E-state index contributed by atoms with van der Waals surface area (Å²) in [4.78, 5) is 42.1. The summed E-state index contributed by atoms with van der Waals surface area (Å²) in [7, 11) is 0. The van der Waals surface area contributed by atoms with Crippen molar-refractivity contribution in [3.8, 4) is 0 Å². The van der Waals surface area contributed by atoms with Gasteiger partial charge in [-0.25, -0.2) is 0 Å². The minimum atomic E-state index is -0.283. The van der Waals surface area contributed by atoms with E-state index in [0.29, 0.717) is 36.1 Å². The second-order valence-corrected chi connectivity index (χ2v) is 9.31. The first-order chi connectivity index (χ1) is 16.0. The number of carbonyl (C=O) groups is 3. The number of rotatable bonds is 9.